The van der Waals surface area contributed by atoms with Gasteiger partial charge in [-0.05, 0) is 0 Å². The quantitative estimate of drug-likeness (QED) is 0.639. The summed E-state index contributed by atoms with van der Waals surface area (Å²) in [7, 11) is 0. The van der Waals surface area contributed by atoms with Crippen LogP contribution in [-0.2, 0) is 9.53 Å². The van der Waals surface area contributed by atoms with Crippen molar-refractivity contribution in [3.63, 3.8) is 0 Å². The van der Waals surface area contributed by atoms with Gasteiger partial charge in [0.2, 0.25) is 5.91 Å². The van der Waals surface area contributed by atoms with E-state index >= 15 is 0 Å². The van der Waals surface area contributed by atoms with Gasteiger partial charge in [-0.1, -0.05) is 12.2 Å². The fourth-order valence-electron chi connectivity index (χ4n) is 1.67. The van der Waals surface area contributed by atoms with Crippen LogP contribution in [0.1, 0.15) is 0 Å². The molecule has 2 atom stereocenters. The summed E-state index contributed by atoms with van der Waals surface area (Å²) in [5.74, 6) is -1.07. The van der Waals surface area contributed by atoms with Gasteiger partial charge >= 0.3 is 6.18 Å². The third-order valence-corrected chi connectivity index (χ3v) is 2.18. The van der Waals surface area contributed by atoms with E-state index in [1.54, 1.807) is 0 Å². The summed E-state index contributed by atoms with van der Waals surface area (Å²) in [5.41, 5.74) is 3.43. The van der Waals surface area contributed by atoms with Gasteiger partial charge in [0.05, 0.1) is 11.1 Å². The standard InChI is InChI=1S/C8H6F3NO2/c9-8(10,11)6-4-2-1-3(14-4)5(6)7(12)13/h1-4H,(H2,12,13). The highest BCUT2D eigenvalue weighted by Gasteiger charge is 2.50. The summed E-state index contributed by atoms with van der Waals surface area (Å²) >= 11 is 0. The number of ether oxygens (including phenoxy) is 1. The van der Waals surface area contributed by atoms with Crippen molar-refractivity contribution in [1.29, 1.82) is 0 Å². The second-order valence-electron chi connectivity index (χ2n) is 3.05. The largest absolute Gasteiger partial charge is 0.416 e. The number of carbonyl (C=O) groups is 1. The lowest BCUT2D eigenvalue weighted by atomic mass is 9.96. The van der Waals surface area contributed by atoms with Gasteiger partial charge < -0.3 is 10.5 Å². The first kappa shape index (κ1) is 9.26. The van der Waals surface area contributed by atoms with Crippen molar-refractivity contribution in [2.45, 2.75) is 18.4 Å². The Morgan fingerprint density at radius 2 is 1.93 bits per heavy atom. The Kier molecular flexibility index (Phi) is 1.72. The Morgan fingerprint density at radius 1 is 1.36 bits per heavy atom. The monoisotopic (exact) mass is 205 g/mol. The maximum Gasteiger partial charge on any atom is 0.416 e. The molecule has 0 fully saturated rings. The van der Waals surface area contributed by atoms with Crippen LogP contribution in [0, 0.1) is 0 Å². The predicted octanol–water partition coefficient (Wildman–Crippen LogP) is 0.668. The molecule has 0 spiro atoms. The summed E-state index contributed by atoms with van der Waals surface area (Å²) in [6.45, 7) is 0. The zero-order valence-electron chi connectivity index (χ0n) is 6.84. The molecule has 6 heteroatoms. The zero-order valence-corrected chi connectivity index (χ0v) is 6.84. The van der Waals surface area contributed by atoms with Crippen LogP contribution in [0.5, 0.6) is 0 Å². The summed E-state index contributed by atoms with van der Waals surface area (Å²) in [6.07, 6.45) is -3.97. The van der Waals surface area contributed by atoms with E-state index in [0.29, 0.717) is 0 Å². The van der Waals surface area contributed by atoms with E-state index in [-0.39, 0.29) is 0 Å². The molecule has 2 rings (SSSR count). The molecule has 1 amide bonds. The van der Waals surface area contributed by atoms with Crippen molar-refractivity contribution in [3.8, 4) is 0 Å². The van der Waals surface area contributed by atoms with E-state index in [1.165, 1.54) is 12.2 Å². The number of fused-ring (bicyclic) bond motifs is 2. The fraction of sp³-hybridized carbons (Fsp3) is 0.375. The topological polar surface area (TPSA) is 52.3 Å². The van der Waals surface area contributed by atoms with Crippen molar-refractivity contribution in [2.75, 3.05) is 0 Å². The van der Waals surface area contributed by atoms with Gasteiger partial charge in [-0.3, -0.25) is 4.79 Å². The van der Waals surface area contributed by atoms with Crippen LogP contribution < -0.4 is 5.73 Å². The van der Waals surface area contributed by atoms with Gasteiger partial charge in [0.15, 0.2) is 0 Å². The van der Waals surface area contributed by atoms with E-state index in [1.807, 2.05) is 0 Å². The molecule has 2 unspecified atom stereocenters. The molecule has 76 valence electrons. The lowest BCUT2D eigenvalue weighted by molar-refractivity contribution is -0.116. The van der Waals surface area contributed by atoms with E-state index in [9.17, 15) is 18.0 Å². The normalized spacial score (nSPS) is 30.2. The van der Waals surface area contributed by atoms with Gasteiger partial charge in [0, 0.05) is 0 Å². The molecular formula is C8H6F3NO2. The highest BCUT2D eigenvalue weighted by Crippen LogP contribution is 2.42. The number of nitrogens with two attached hydrogens (primary N) is 1. The first-order chi connectivity index (χ1) is 6.41. The first-order valence-electron chi connectivity index (χ1n) is 3.86. The zero-order chi connectivity index (χ0) is 10.5. The van der Waals surface area contributed by atoms with Crippen LogP contribution in [0.2, 0.25) is 0 Å². The molecule has 14 heavy (non-hydrogen) atoms. The maximum absolute atomic E-state index is 12.4. The van der Waals surface area contributed by atoms with Crippen molar-refractivity contribution in [3.05, 3.63) is 23.3 Å². The number of rotatable bonds is 1. The summed E-state index contributed by atoms with van der Waals surface area (Å²) < 4.78 is 42.2. The molecule has 0 saturated heterocycles. The van der Waals surface area contributed by atoms with Gasteiger partial charge in [-0.15, -0.1) is 0 Å². The average Bonchev–Trinajstić information content (AvgIpc) is 2.58. The Labute approximate surface area is 77.0 Å². The molecule has 0 aromatic heterocycles. The van der Waals surface area contributed by atoms with Crippen molar-refractivity contribution in [1.82, 2.24) is 0 Å². The third-order valence-electron chi connectivity index (χ3n) is 2.18. The van der Waals surface area contributed by atoms with Gasteiger partial charge in [0.1, 0.15) is 12.2 Å². The molecule has 0 radical (unpaired) electrons. The second kappa shape index (κ2) is 2.60. The number of hydrogen-bond donors (Lipinski definition) is 1. The van der Waals surface area contributed by atoms with E-state index in [0.717, 1.165) is 0 Å². The van der Waals surface area contributed by atoms with Crippen LogP contribution in [0.15, 0.2) is 23.3 Å². The lowest BCUT2D eigenvalue weighted by Gasteiger charge is -2.13. The van der Waals surface area contributed by atoms with E-state index in [2.05, 4.69) is 0 Å². The molecule has 0 saturated carbocycles. The van der Waals surface area contributed by atoms with E-state index in [4.69, 9.17) is 10.5 Å². The van der Waals surface area contributed by atoms with Crippen molar-refractivity contribution >= 4 is 5.91 Å². The van der Waals surface area contributed by atoms with Crippen LogP contribution >= 0.6 is 0 Å². The molecule has 2 bridgehead atoms. The predicted molar refractivity (Wildman–Crippen MR) is 40.1 cm³/mol. The minimum absolute atomic E-state index is 0.468. The number of primary amides is 1. The van der Waals surface area contributed by atoms with Gasteiger partial charge in [-0.25, -0.2) is 0 Å². The smallest absolute Gasteiger partial charge is 0.366 e. The molecule has 2 N–H and O–H groups in total. The van der Waals surface area contributed by atoms with Crippen LogP contribution in [0.25, 0.3) is 0 Å². The molecule has 0 aromatic rings. The Bertz CT molecular complexity index is 356. The Morgan fingerprint density at radius 3 is 2.36 bits per heavy atom. The van der Waals surface area contributed by atoms with E-state index < -0.39 is 35.4 Å². The number of amides is 1. The summed E-state index contributed by atoms with van der Waals surface area (Å²) in [4.78, 5) is 10.8. The van der Waals surface area contributed by atoms with Crippen LogP contribution in [-0.4, -0.2) is 24.3 Å². The molecule has 0 aromatic carbocycles. The Balaban J connectivity index is 2.49. The third kappa shape index (κ3) is 1.14. The minimum Gasteiger partial charge on any atom is -0.366 e. The molecule has 0 aliphatic carbocycles. The van der Waals surface area contributed by atoms with Crippen LogP contribution in [0.3, 0.4) is 0 Å². The summed E-state index contributed by atoms with van der Waals surface area (Å²) in [5, 5.41) is 0. The van der Waals surface area contributed by atoms with Crippen LogP contribution in [0.4, 0.5) is 13.2 Å². The minimum atomic E-state index is -4.56. The van der Waals surface area contributed by atoms with Crippen molar-refractivity contribution < 1.29 is 22.7 Å². The fourth-order valence-corrected chi connectivity index (χ4v) is 1.67. The Hall–Kier alpha value is -1.30. The molecule has 2 heterocycles. The molecule has 3 nitrogen and oxygen atoms in total. The highest BCUT2D eigenvalue weighted by molar-refractivity contribution is 5.96. The number of hydrogen-bond acceptors (Lipinski definition) is 2. The first-order valence-corrected chi connectivity index (χ1v) is 3.86. The number of alkyl halides is 3. The molecular weight excluding hydrogens is 199 g/mol. The molecule has 2 aliphatic rings. The second-order valence-corrected chi connectivity index (χ2v) is 3.05. The lowest BCUT2D eigenvalue weighted by Crippen LogP contribution is -2.27. The SMILES string of the molecule is NC(=O)C1=C(C(F)(F)F)C2C=CC1O2. The molecule has 2 aliphatic heterocycles. The number of halogens is 3. The summed E-state index contributed by atoms with van der Waals surface area (Å²) in [6, 6.07) is 0. The van der Waals surface area contributed by atoms with Gasteiger partial charge in [0.25, 0.3) is 0 Å². The average molecular weight is 205 g/mol. The van der Waals surface area contributed by atoms with Crippen molar-refractivity contribution in [2.24, 2.45) is 5.73 Å². The van der Waals surface area contributed by atoms with Gasteiger partial charge in [-0.2, -0.15) is 13.2 Å². The highest BCUT2D eigenvalue weighted by atomic mass is 19.4. The maximum atomic E-state index is 12.4. The number of carbonyl (C=O) groups excluding carboxylic acids is 1.